The van der Waals surface area contributed by atoms with Crippen LogP contribution in [-0.2, 0) is 0 Å². The molecule has 0 aliphatic heterocycles. The van der Waals surface area contributed by atoms with Crippen molar-refractivity contribution in [1.82, 2.24) is 0 Å². The molecule has 1 N–H and O–H groups in total. The Labute approximate surface area is 128 Å². The maximum atomic E-state index is 12.3. The number of carbonyl (C=O) groups excluding carboxylic acids is 1. The Morgan fingerprint density at radius 3 is 2.45 bits per heavy atom. The van der Waals surface area contributed by atoms with Crippen LogP contribution in [-0.4, -0.2) is 10.8 Å². The molecule has 0 atom stereocenters. The number of hydrogen-bond acceptors (Lipinski definition) is 3. The van der Waals surface area contributed by atoms with Crippen molar-refractivity contribution in [2.45, 2.75) is 25.7 Å². The molecule has 22 heavy (non-hydrogen) atoms. The molecule has 1 saturated carbocycles. The summed E-state index contributed by atoms with van der Waals surface area (Å²) in [4.78, 5) is 22.5. The molecule has 1 aliphatic carbocycles. The summed E-state index contributed by atoms with van der Waals surface area (Å²) in [5.74, 6) is 0.285. The molecular formula is C17H16N2O3. The van der Waals surface area contributed by atoms with Crippen molar-refractivity contribution in [1.29, 1.82) is 0 Å². The van der Waals surface area contributed by atoms with E-state index in [2.05, 4.69) is 11.4 Å². The molecular weight excluding hydrogens is 280 g/mol. The fourth-order valence-electron chi connectivity index (χ4n) is 2.46. The Balaban J connectivity index is 1.81. The summed E-state index contributed by atoms with van der Waals surface area (Å²) in [5.41, 5.74) is 3.57. The van der Waals surface area contributed by atoms with Crippen LogP contribution in [0.1, 0.15) is 40.2 Å². The Kier molecular flexibility index (Phi) is 3.63. The summed E-state index contributed by atoms with van der Waals surface area (Å²) < 4.78 is 0. The number of nitro benzene ring substituents is 1. The van der Waals surface area contributed by atoms with Crippen molar-refractivity contribution in [2.24, 2.45) is 0 Å². The Hall–Kier alpha value is -2.69. The molecule has 1 fully saturated rings. The van der Waals surface area contributed by atoms with Crippen LogP contribution in [0.2, 0.25) is 0 Å². The zero-order chi connectivity index (χ0) is 15.7. The van der Waals surface area contributed by atoms with Crippen LogP contribution in [0.4, 0.5) is 11.4 Å². The van der Waals surface area contributed by atoms with E-state index >= 15 is 0 Å². The lowest BCUT2D eigenvalue weighted by molar-refractivity contribution is -0.384. The number of nitrogens with one attached hydrogen (secondary N) is 1. The molecule has 1 amide bonds. The van der Waals surface area contributed by atoms with Gasteiger partial charge in [0.2, 0.25) is 0 Å². The van der Waals surface area contributed by atoms with E-state index in [4.69, 9.17) is 0 Å². The van der Waals surface area contributed by atoms with Crippen LogP contribution in [0.5, 0.6) is 0 Å². The minimum absolute atomic E-state index is 0.0226. The predicted octanol–water partition coefficient (Wildman–Crippen LogP) is 4.03. The lowest BCUT2D eigenvalue weighted by atomic mass is 10.0. The minimum atomic E-state index is -0.479. The summed E-state index contributed by atoms with van der Waals surface area (Å²) in [6.07, 6.45) is 2.31. The summed E-state index contributed by atoms with van der Waals surface area (Å²) in [5, 5.41) is 13.6. The summed E-state index contributed by atoms with van der Waals surface area (Å²) in [6, 6.07) is 11.6. The van der Waals surface area contributed by atoms with Crippen molar-refractivity contribution in [3.63, 3.8) is 0 Å². The van der Waals surface area contributed by atoms with E-state index in [1.165, 1.54) is 35.4 Å². The molecule has 5 heteroatoms. The van der Waals surface area contributed by atoms with Gasteiger partial charge in [0.05, 0.1) is 4.92 Å². The van der Waals surface area contributed by atoms with Crippen molar-refractivity contribution in [2.75, 3.05) is 5.32 Å². The second kappa shape index (κ2) is 5.60. The summed E-state index contributed by atoms with van der Waals surface area (Å²) in [6.45, 7) is 2.04. The van der Waals surface area contributed by atoms with Crippen LogP contribution in [0.3, 0.4) is 0 Å². The first-order valence-corrected chi connectivity index (χ1v) is 7.21. The summed E-state index contributed by atoms with van der Waals surface area (Å²) in [7, 11) is 0. The van der Waals surface area contributed by atoms with Crippen LogP contribution in [0.15, 0.2) is 42.5 Å². The molecule has 112 valence electrons. The molecule has 0 unspecified atom stereocenters. The quantitative estimate of drug-likeness (QED) is 0.683. The number of carbonyl (C=O) groups is 1. The number of non-ortho nitro benzene ring substituents is 1. The fourth-order valence-corrected chi connectivity index (χ4v) is 2.46. The number of benzene rings is 2. The van der Waals surface area contributed by atoms with Crippen molar-refractivity contribution in [3.05, 3.63) is 69.3 Å². The van der Waals surface area contributed by atoms with E-state index < -0.39 is 4.92 Å². The Morgan fingerprint density at radius 1 is 1.18 bits per heavy atom. The van der Waals surface area contributed by atoms with Crippen molar-refractivity contribution < 1.29 is 9.72 Å². The molecule has 0 radical (unpaired) electrons. The second-order valence-corrected chi connectivity index (χ2v) is 5.62. The Morgan fingerprint density at radius 2 is 1.86 bits per heavy atom. The lowest BCUT2D eigenvalue weighted by Crippen LogP contribution is -2.13. The van der Waals surface area contributed by atoms with E-state index in [0.717, 1.165) is 18.5 Å². The predicted molar refractivity (Wildman–Crippen MR) is 84.2 cm³/mol. The highest BCUT2D eigenvalue weighted by Gasteiger charge is 2.26. The molecule has 5 nitrogen and oxygen atoms in total. The third-order valence-corrected chi connectivity index (χ3v) is 3.81. The first kappa shape index (κ1) is 14.3. The van der Waals surface area contributed by atoms with Gasteiger partial charge in [0.15, 0.2) is 0 Å². The van der Waals surface area contributed by atoms with Gasteiger partial charge in [0.25, 0.3) is 11.6 Å². The number of hydrogen-bond donors (Lipinski definition) is 1. The van der Waals surface area contributed by atoms with Crippen molar-refractivity contribution >= 4 is 17.3 Å². The van der Waals surface area contributed by atoms with E-state index in [-0.39, 0.29) is 11.6 Å². The highest BCUT2D eigenvalue weighted by atomic mass is 16.6. The highest BCUT2D eigenvalue weighted by molar-refractivity contribution is 6.04. The second-order valence-electron chi connectivity index (χ2n) is 5.62. The third kappa shape index (κ3) is 2.98. The number of nitrogens with zero attached hydrogens (tertiary/aromatic N) is 1. The molecule has 2 aromatic carbocycles. The normalized spacial score (nSPS) is 13.7. The largest absolute Gasteiger partial charge is 0.322 e. The van der Waals surface area contributed by atoms with E-state index in [1.807, 2.05) is 19.1 Å². The first-order chi connectivity index (χ1) is 10.5. The zero-order valence-electron chi connectivity index (χ0n) is 12.2. The number of aryl methyl sites for hydroxylation is 1. The van der Waals surface area contributed by atoms with Gasteiger partial charge in [-0.2, -0.15) is 0 Å². The van der Waals surface area contributed by atoms with Crippen LogP contribution in [0, 0.1) is 17.0 Å². The monoisotopic (exact) mass is 296 g/mol. The summed E-state index contributed by atoms with van der Waals surface area (Å²) >= 11 is 0. The van der Waals surface area contributed by atoms with Crippen molar-refractivity contribution in [3.8, 4) is 0 Å². The van der Waals surface area contributed by atoms with Gasteiger partial charge in [-0.15, -0.1) is 0 Å². The van der Waals surface area contributed by atoms with E-state index in [1.54, 1.807) is 0 Å². The SMILES string of the molecule is Cc1ccc(NC(=O)c2ccc([N+](=O)[O-])cc2)c(C2CC2)c1. The molecule has 0 spiro atoms. The van der Waals surface area contributed by atoms with Crippen LogP contribution < -0.4 is 5.32 Å². The van der Waals surface area contributed by atoms with Gasteiger partial charge in [-0.05, 0) is 49.4 Å². The number of anilines is 1. The zero-order valence-corrected chi connectivity index (χ0v) is 12.2. The standard InChI is InChI=1S/C17H16N2O3/c1-11-2-9-16(15(10-11)12-3-4-12)18-17(20)13-5-7-14(8-6-13)19(21)22/h2,5-10,12H,3-4H2,1H3,(H,18,20). The van der Waals surface area contributed by atoms with Gasteiger partial charge in [0, 0.05) is 23.4 Å². The first-order valence-electron chi connectivity index (χ1n) is 7.21. The minimum Gasteiger partial charge on any atom is -0.322 e. The van der Waals surface area contributed by atoms with E-state index in [0.29, 0.717) is 11.5 Å². The number of rotatable bonds is 4. The van der Waals surface area contributed by atoms with E-state index in [9.17, 15) is 14.9 Å². The maximum absolute atomic E-state index is 12.3. The van der Waals surface area contributed by atoms with Gasteiger partial charge in [0.1, 0.15) is 0 Å². The third-order valence-electron chi connectivity index (χ3n) is 3.81. The van der Waals surface area contributed by atoms with Crippen LogP contribution in [0.25, 0.3) is 0 Å². The van der Waals surface area contributed by atoms with Gasteiger partial charge < -0.3 is 5.32 Å². The average molecular weight is 296 g/mol. The smallest absolute Gasteiger partial charge is 0.269 e. The molecule has 1 aliphatic rings. The molecule has 0 saturated heterocycles. The van der Waals surface area contributed by atoms with Crippen LogP contribution >= 0.6 is 0 Å². The molecule has 0 heterocycles. The number of amides is 1. The molecule has 3 rings (SSSR count). The van der Waals surface area contributed by atoms with Gasteiger partial charge in [-0.3, -0.25) is 14.9 Å². The molecule has 0 bridgehead atoms. The highest BCUT2D eigenvalue weighted by Crippen LogP contribution is 2.43. The molecule has 2 aromatic rings. The average Bonchev–Trinajstić information content (AvgIpc) is 3.33. The fraction of sp³-hybridized carbons (Fsp3) is 0.235. The topological polar surface area (TPSA) is 72.2 Å². The maximum Gasteiger partial charge on any atom is 0.269 e. The van der Waals surface area contributed by atoms with Gasteiger partial charge in [-0.25, -0.2) is 0 Å². The van der Waals surface area contributed by atoms with Gasteiger partial charge >= 0.3 is 0 Å². The lowest BCUT2D eigenvalue weighted by Gasteiger charge is -2.11. The Bertz CT molecular complexity index is 734. The van der Waals surface area contributed by atoms with Gasteiger partial charge in [-0.1, -0.05) is 17.7 Å². The molecule has 0 aromatic heterocycles. The number of nitro groups is 1.